The summed E-state index contributed by atoms with van der Waals surface area (Å²) >= 11 is 5.91. The number of carbonyl (C=O) groups excluding carboxylic acids is 1. The smallest absolute Gasteiger partial charge is 0.408 e. The van der Waals surface area contributed by atoms with Gasteiger partial charge in [0, 0.05) is 11.6 Å². The van der Waals surface area contributed by atoms with Crippen LogP contribution in [0.3, 0.4) is 0 Å². The van der Waals surface area contributed by atoms with Crippen LogP contribution in [0.15, 0.2) is 30.5 Å². The lowest BCUT2D eigenvalue weighted by Crippen LogP contribution is -2.34. The van der Waals surface area contributed by atoms with Crippen molar-refractivity contribution in [1.82, 2.24) is 10.3 Å². The summed E-state index contributed by atoms with van der Waals surface area (Å²) in [5, 5.41) is 5.27. The third-order valence-corrected chi connectivity index (χ3v) is 3.15. The Morgan fingerprint density at radius 1 is 1.29 bits per heavy atom. The first-order valence-electron chi connectivity index (χ1n) is 6.79. The molecule has 0 unspecified atom stereocenters. The van der Waals surface area contributed by atoms with E-state index in [4.69, 9.17) is 16.3 Å². The van der Waals surface area contributed by atoms with Crippen molar-refractivity contribution in [3.8, 4) is 0 Å². The SMILES string of the molecule is C[C@@H](NC(=O)OC(C)(C)C)c1ccc2cnc(Cl)cc2c1. The lowest BCUT2D eigenvalue weighted by molar-refractivity contribution is 0.0508. The second-order valence-electron chi connectivity index (χ2n) is 5.98. The summed E-state index contributed by atoms with van der Waals surface area (Å²) in [6, 6.07) is 7.56. The van der Waals surface area contributed by atoms with Crippen LogP contribution in [-0.2, 0) is 4.74 Å². The van der Waals surface area contributed by atoms with E-state index in [-0.39, 0.29) is 6.04 Å². The Kier molecular flexibility index (Phi) is 4.37. The van der Waals surface area contributed by atoms with Gasteiger partial charge in [-0.3, -0.25) is 0 Å². The third kappa shape index (κ3) is 4.33. The number of hydrogen-bond donors (Lipinski definition) is 1. The van der Waals surface area contributed by atoms with Crippen LogP contribution >= 0.6 is 11.6 Å². The van der Waals surface area contributed by atoms with E-state index in [1.54, 1.807) is 12.3 Å². The molecule has 0 aliphatic heterocycles. The Labute approximate surface area is 129 Å². The molecule has 1 heterocycles. The first-order valence-corrected chi connectivity index (χ1v) is 7.17. The molecule has 1 N–H and O–H groups in total. The van der Waals surface area contributed by atoms with Gasteiger partial charge in [0.2, 0.25) is 0 Å². The first-order chi connectivity index (χ1) is 9.74. The third-order valence-electron chi connectivity index (χ3n) is 2.95. The second-order valence-corrected chi connectivity index (χ2v) is 6.37. The molecule has 0 radical (unpaired) electrons. The normalized spacial score (nSPS) is 13.0. The maximum absolute atomic E-state index is 11.8. The average molecular weight is 307 g/mol. The second kappa shape index (κ2) is 5.90. The van der Waals surface area contributed by atoms with Gasteiger partial charge in [-0.2, -0.15) is 0 Å². The van der Waals surface area contributed by atoms with Crippen LogP contribution in [0.5, 0.6) is 0 Å². The maximum Gasteiger partial charge on any atom is 0.408 e. The van der Waals surface area contributed by atoms with Gasteiger partial charge in [-0.15, -0.1) is 0 Å². The van der Waals surface area contributed by atoms with Crippen molar-refractivity contribution in [2.75, 3.05) is 0 Å². The minimum absolute atomic E-state index is 0.156. The van der Waals surface area contributed by atoms with Gasteiger partial charge in [0.25, 0.3) is 0 Å². The van der Waals surface area contributed by atoms with E-state index in [2.05, 4.69) is 10.3 Å². The lowest BCUT2D eigenvalue weighted by atomic mass is 10.0. The predicted molar refractivity (Wildman–Crippen MR) is 84.5 cm³/mol. The molecule has 0 saturated carbocycles. The van der Waals surface area contributed by atoms with E-state index in [1.807, 2.05) is 45.9 Å². The van der Waals surface area contributed by atoms with E-state index in [1.165, 1.54) is 0 Å². The van der Waals surface area contributed by atoms with E-state index in [0.29, 0.717) is 5.15 Å². The number of nitrogens with one attached hydrogen (secondary N) is 1. The summed E-state index contributed by atoms with van der Waals surface area (Å²) in [5.41, 5.74) is 0.475. The molecule has 0 spiro atoms. The van der Waals surface area contributed by atoms with Crippen molar-refractivity contribution in [2.45, 2.75) is 39.3 Å². The number of benzene rings is 1. The number of carbonyl (C=O) groups is 1. The average Bonchev–Trinajstić information content (AvgIpc) is 2.35. The molecule has 0 saturated heterocycles. The van der Waals surface area contributed by atoms with Crippen LogP contribution in [0.1, 0.15) is 39.3 Å². The molecule has 1 aromatic heterocycles. The molecule has 112 valence electrons. The van der Waals surface area contributed by atoms with Gasteiger partial charge in [0.15, 0.2) is 0 Å². The number of ether oxygens (including phenoxy) is 1. The highest BCUT2D eigenvalue weighted by Crippen LogP contribution is 2.22. The molecular weight excluding hydrogens is 288 g/mol. The molecule has 1 atom stereocenters. The minimum Gasteiger partial charge on any atom is -0.444 e. The van der Waals surface area contributed by atoms with Gasteiger partial charge >= 0.3 is 6.09 Å². The number of fused-ring (bicyclic) bond motifs is 1. The molecular formula is C16H19ClN2O2. The van der Waals surface area contributed by atoms with Crippen molar-refractivity contribution in [2.24, 2.45) is 0 Å². The summed E-state index contributed by atoms with van der Waals surface area (Å²) in [7, 11) is 0. The van der Waals surface area contributed by atoms with Crippen LogP contribution in [0, 0.1) is 0 Å². The van der Waals surface area contributed by atoms with Crippen molar-refractivity contribution < 1.29 is 9.53 Å². The number of aromatic nitrogens is 1. The summed E-state index contributed by atoms with van der Waals surface area (Å²) in [6.07, 6.45) is 1.30. The van der Waals surface area contributed by atoms with Crippen LogP contribution in [0.4, 0.5) is 4.79 Å². The zero-order valence-electron chi connectivity index (χ0n) is 12.6. The molecule has 1 aromatic carbocycles. The van der Waals surface area contributed by atoms with Gasteiger partial charge in [0.1, 0.15) is 10.8 Å². The van der Waals surface area contributed by atoms with E-state index in [0.717, 1.165) is 16.3 Å². The summed E-state index contributed by atoms with van der Waals surface area (Å²) in [4.78, 5) is 15.8. The number of amides is 1. The maximum atomic E-state index is 11.8. The van der Waals surface area contributed by atoms with E-state index >= 15 is 0 Å². The van der Waals surface area contributed by atoms with Gasteiger partial charge in [0.05, 0.1) is 6.04 Å². The number of halogens is 1. The zero-order valence-corrected chi connectivity index (χ0v) is 13.4. The van der Waals surface area contributed by atoms with Crippen LogP contribution in [0.25, 0.3) is 10.8 Å². The van der Waals surface area contributed by atoms with Gasteiger partial charge in [-0.1, -0.05) is 23.7 Å². The Bertz CT molecular complexity index is 665. The monoisotopic (exact) mass is 306 g/mol. The fourth-order valence-corrected chi connectivity index (χ4v) is 2.14. The molecule has 0 fully saturated rings. The summed E-state index contributed by atoms with van der Waals surface area (Å²) in [5.74, 6) is 0. The van der Waals surface area contributed by atoms with E-state index < -0.39 is 11.7 Å². The summed E-state index contributed by atoms with van der Waals surface area (Å²) < 4.78 is 5.26. The number of nitrogens with zero attached hydrogens (tertiary/aromatic N) is 1. The Morgan fingerprint density at radius 3 is 2.67 bits per heavy atom. The number of alkyl carbamates (subject to hydrolysis) is 1. The largest absolute Gasteiger partial charge is 0.444 e. The molecule has 5 heteroatoms. The molecule has 2 rings (SSSR count). The molecule has 0 aliphatic rings. The van der Waals surface area contributed by atoms with Gasteiger partial charge in [-0.25, -0.2) is 9.78 Å². The standard InChI is InChI=1S/C16H19ClN2O2/c1-10(19-15(20)21-16(2,3)4)11-5-6-12-9-18-14(17)8-13(12)7-11/h5-10H,1-4H3,(H,19,20)/t10-/m1/s1. The quantitative estimate of drug-likeness (QED) is 0.833. The molecule has 0 aliphatic carbocycles. The van der Waals surface area contributed by atoms with Crippen molar-refractivity contribution in [1.29, 1.82) is 0 Å². The highest BCUT2D eigenvalue weighted by Gasteiger charge is 2.18. The molecule has 1 amide bonds. The zero-order chi connectivity index (χ0) is 15.6. The van der Waals surface area contributed by atoms with Gasteiger partial charge in [-0.05, 0) is 50.8 Å². The minimum atomic E-state index is -0.508. The molecule has 0 bridgehead atoms. The van der Waals surface area contributed by atoms with Crippen molar-refractivity contribution in [3.63, 3.8) is 0 Å². The molecule has 21 heavy (non-hydrogen) atoms. The van der Waals surface area contributed by atoms with Gasteiger partial charge < -0.3 is 10.1 Å². The predicted octanol–water partition coefficient (Wildman–Crippen LogP) is 4.47. The van der Waals surface area contributed by atoms with Crippen LogP contribution in [-0.4, -0.2) is 16.7 Å². The highest BCUT2D eigenvalue weighted by atomic mass is 35.5. The first kappa shape index (κ1) is 15.6. The van der Waals surface area contributed by atoms with Crippen LogP contribution < -0.4 is 5.32 Å². The highest BCUT2D eigenvalue weighted by molar-refractivity contribution is 6.30. The Morgan fingerprint density at radius 2 is 2.00 bits per heavy atom. The van der Waals surface area contributed by atoms with E-state index in [9.17, 15) is 4.79 Å². The number of rotatable bonds is 2. The van der Waals surface area contributed by atoms with Crippen molar-refractivity contribution >= 4 is 28.5 Å². The Balaban J connectivity index is 2.15. The van der Waals surface area contributed by atoms with Crippen LogP contribution in [0.2, 0.25) is 5.15 Å². The number of hydrogen-bond acceptors (Lipinski definition) is 3. The number of pyridine rings is 1. The Hall–Kier alpha value is -1.81. The van der Waals surface area contributed by atoms with Crippen molar-refractivity contribution in [3.05, 3.63) is 41.2 Å². The lowest BCUT2D eigenvalue weighted by Gasteiger charge is -2.22. The fraction of sp³-hybridized carbons (Fsp3) is 0.375. The fourth-order valence-electron chi connectivity index (χ4n) is 1.97. The topological polar surface area (TPSA) is 51.2 Å². The summed E-state index contributed by atoms with van der Waals surface area (Å²) in [6.45, 7) is 7.42. The molecule has 4 nitrogen and oxygen atoms in total. The molecule has 2 aromatic rings.